The molecule has 0 N–H and O–H groups in total. The molecule has 0 aliphatic carbocycles. The van der Waals surface area contributed by atoms with E-state index in [0.29, 0.717) is 0 Å². The first-order valence-electron chi connectivity index (χ1n) is 8.08. The van der Waals surface area contributed by atoms with Crippen molar-refractivity contribution in [3.05, 3.63) is 94.2 Å². The first-order valence-corrected chi connectivity index (χ1v) is 10.3. The maximum atomic E-state index is 13.2. The number of halogens is 1. The number of benzene rings is 2. The van der Waals surface area contributed by atoms with Crippen LogP contribution in [0.2, 0.25) is 0 Å². The summed E-state index contributed by atoms with van der Waals surface area (Å²) in [5, 5.41) is 8.88. The van der Waals surface area contributed by atoms with Gasteiger partial charge in [-0.3, -0.25) is 0 Å². The molecule has 0 aliphatic rings. The molecule has 0 bridgehead atoms. The van der Waals surface area contributed by atoms with Gasteiger partial charge in [0.2, 0.25) is 10.0 Å². The summed E-state index contributed by atoms with van der Waals surface area (Å²) in [6, 6.07) is 21.1. The van der Waals surface area contributed by atoms with Gasteiger partial charge in [0, 0.05) is 17.7 Å². The fourth-order valence-corrected chi connectivity index (χ4v) is 4.59. The van der Waals surface area contributed by atoms with E-state index in [1.54, 1.807) is 7.05 Å². The van der Waals surface area contributed by atoms with Gasteiger partial charge in [0.05, 0.1) is 6.04 Å². The van der Waals surface area contributed by atoms with Gasteiger partial charge < -0.3 is 0 Å². The van der Waals surface area contributed by atoms with Crippen LogP contribution in [-0.2, 0) is 10.0 Å². The lowest BCUT2D eigenvalue weighted by Gasteiger charge is -2.29. The lowest BCUT2D eigenvalue weighted by atomic mass is 9.99. The van der Waals surface area contributed by atoms with Crippen molar-refractivity contribution >= 4 is 26.0 Å². The van der Waals surface area contributed by atoms with Crippen LogP contribution in [0.25, 0.3) is 0 Å². The van der Waals surface area contributed by atoms with Gasteiger partial charge in [-0.1, -0.05) is 64.5 Å². The molecule has 5 nitrogen and oxygen atoms in total. The predicted octanol–water partition coefficient (Wildman–Crippen LogP) is 4.13. The number of rotatable bonds is 5. The minimum absolute atomic E-state index is 0.0389. The molecule has 136 valence electrons. The highest BCUT2D eigenvalue weighted by Crippen LogP contribution is 2.35. The minimum atomic E-state index is -3.84. The second kappa shape index (κ2) is 8.01. The highest BCUT2D eigenvalue weighted by atomic mass is 79.9. The van der Waals surface area contributed by atoms with Crippen LogP contribution in [0.1, 0.15) is 22.9 Å². The Hall–Kier alpha value is -2.53. The van der Waals surface area contributed by atoms with Crippen molar-refractivity contribution in [2.24, 2.45) is 0 Å². The topological polar surface area (TPSA) is 74.1 Å². The molecule has 1 aromatic heterocycles. The van der Waals surface area contributed by atoms with Crippen LogP contribution >= 0.6 is 15.9 Å². The van der Waals surface area contributed by atoms with E-state index in [-0.39, 0.29) is 10.6 Å². The van der Waals surface area contributed by atoms with E-state index in [9.17, 15) is 8.42 Å². The van der Waals surface area contributed by atoms with E-state index in [0.717, 1.165) is 15.6 Å². The van der Waals surface area contributed by atoms with Crippen molar-refractivity contribution in [3.63, 3.8) is 0 Å². The Balaban J connectivity index is 2.11. The third-order valence-electron chi connectivity index (χ3n) is 4.21. The average Bonchev–Trinajstić information content (AvgIpc) is 2.70. The zero-order valence-corrected chi connectivity index (χ0v) is 16.9. The van der Waals surface area contributed by atoms with Crippen LogP contribution in [0.3, 0.4) is 0 Å². The lowest BCUT2D eigenvalue weighted by Crippen LogP contribution is -2.32. The van der Waals surface area contributed by atoms with Crippen molar-refractivity contribution in [1.82, 2.24) is 9.29 Å². The summed E-state index contributed by atoms with van der Waals surface area (Å²) in [5.74, 6) is 0. The standard InChI is InChI=1S/C20H16BrN3O2S/c1-24(27(25,26)17-12-11-16(13-22)23-14-17)20(15-7-3-2-4-8-15)18-9-5-6-10-19(18)21/h2-12,14,20H,1H3. The molecule has 1 unspecified atom stereocenters. The van der Waals surface area contributed by atoms with Crippen molar-refractivity contribution in [3.8, 4) is 6.07 Å². The first kappa shape index (κ1) is 19.2. The monoisotopic (exact) mass is 441 g/mol. The van der Waals surface area contributed by atoms with Crippen molar-refractivity contribution in [1.29, 1.82) is 5.26 Å². The molecule has 1 atom stereocenters. The van der Waals surface area contributed by atoms with Crippen LogP contribution in [0, 0.1) is 11.3 Å². The summed E-state index contributed by atoms with van der Waals surface area (Å²) < 4.78 is 28.6. The van der Waals surface area contributed by atoms with E-state index in [2.05, 4.69) is 20.9 Å². The molecular formula is C20H16BrN3O2S. The fourth-order valence-electron chi connectivity index (χ4n) is 2.82. The Bertz CT molecular complexity index is 1080. The molecule has 2 aromatic carbocycles. The zero-order valence-electron chi connectivity index (χ0n) is 14.4. The predicted molar refractivity (Wildman–Crippen MR) is 106 cm³/mol. The smallest absolute Gasteiger partial charge is 0.244 e. The molecule has 27 heavy (non-hydrogen) atoms. The van der Waals surface area contributed by atoms with E-state index in [1.165, 1.54) is 22.6 Å². The highest BCUT2D eigenvalue weighted by molar-refractivity contribution is 9.10. The van der Waals surface area contributed by atoms with Gasteiger partial charge >= 0.3 is 0 Å². The number of nitriles is 1. The summed E-state index contributed by atoms with van der Waals surface area (Å²) in [6.07, 6.45) is 1.21. The van der Waals surface area contributed by atoms with Gasteiger partial charge in [0.15, 0.2) is 0 Å². The van der Waals surface area contributed by atoms with Gasteiger partial charge in [-0.15, -0.1) is 0 Å². The number of sulfonamides is 1. The summed E-state index contributed by atoms with van der Waals surface area (Å²) in [4.78, 5) is 3.93. The molecule has 0 radical (unpaired) electrons. The number of aromatic nitrogens is 1. The quantitative estimate of drug-likeness (QED) is 0.596. The van der Waals surface area contributed by atoms with Crippen LogP contribution < -0.4 is 0 Å². The summed E-state index contributed by atoms with van der Waals surface area (Å²) in [5.41, 5.74) is 1.84. The number of pyridine rings is 1. The fraction of sp³-hybridized carbons (Fsp3) is 0.100. The molecule has 3 rings (SSSR count). The number of hydrogen-bond donors (Lipinski definition) is 0. The van der Waals surface area contributed by atoms with Crippen molar-refractivity contribution in [2.75, 3.05) is 7.05 Å². The van der Waals surface area contributed by atoms with Crippen LogP contribution in [0.5, 0.6) is 0 Å². The molecule has 0 aliphatic heterocycles. The molecule has 0 saturated heterocycles. The largest absolute Gasteiger partial charge is 0.245 e. The SMILES string of the molecule is CN(C(c1ccccc1)c1ccccc1Br)S(=O)(=O)c1ccc(C#N)nc1. The number of nitrogens with zero attached hydrogens (tertiary/aromatic N) is 3. The van der Waals surface area contributed by atoms with Gasteiger partial charge in [-0.05, 0) is 29.3 Å². The summed E-state index contributed by atoms with van der Waals surface area (Å²) in [7, 11) is -2.29. The molecule has 0 amide bonds. The van der Waals surface area contributed by atoms with E-state index in [4.69, 9.17) is 5.26 Å². The van der Waals surface area contributed by atoms with Gasteiger partial charge in [0.1, 0.15) is 16.7 Å². The second-order valence-electron chi connectivity index (χ2n) is 5.85. The Kier molecular flexibility index (Phi) is 5.71. The lowest BCUT2D eigenvalue weighted by molar-refractivity contribution is 0.417. The van der Waals surface area contributed by atoms with Gasteiger partial charge in [-0.2, -0.15) is 9.57 Å². The molecule has 1 heterocycles. The molecule has 0 saturated carbocycles. The minimum Gasteiger partial charge on any atom is -0.244 e. The maximum Gasteiger partial charge on any atom is 0.245 e. The second-order valence-corrected chi connectivity index (χ2v) is 8.70. The Morgan fingerprint density at radius 2 is 1.70 bits per heavy atom. The van der Waals surface area contributed by atoms with E-state index < -0.39 is 16.1 Å². The van der Waals surface area contributed by atoms with Gasteiger partial charge in [-0.25, -0.2) is 13.4 Å². The summed E-state index contributed by atoms with van der Waals surface area (Å²) in [6.45, 7) is 0. The molecular weight excluding hydrogens is 426 g/mol. The molecule has 7 heteroatoms. The molecule has 3 aromatic rings. The average molecular weight is 442 g/mol. The Labute approximate surface area is 167 Å². The first-order chi connectivity index (χ1) is 12.9. The Morgan fingerprint density at radius 1 is 1.04 bits per heavy atom. The molecule has 0 spiro atoms. The maximum absolute atomic E-state index is 13.2. The normalized spacial score (nSPS) is 12.5. The van der Waals surface area contributed by atoms with Crippen LogP contribution in [-0.4, -0.2) is 24.8 Å². The van der Waals surface area contributed by atoms with Crippen molar-refractivity contribution in [2.45, 2.75) is 10.9 Å². The van der Waals surface area contributed by atoms with Crippen LogP contribution in [0.4, 0.5) is 0 Å². The van der Waals surface area contributed by atoms with E-state index >= 15 is 0 Å². The molecule has 0 fully saturated rings. The Morgan fingerprint density at radius 3 is 2.30 bits per heavy atom. The van der Waals surface area contributed by atoms with E-state index in [1.807, 2.05) is 60.7 Å². The third-order valence-corrected chi connectivity index (χ3v) is 6.74. The number of hydrogen-bond acceptors (Lipinski definition) is 4. The van der Waals surface area contributed by atoms with Crippen molar-refractivity contribution < 1.29 is 8.42 Å². The summed E-state index contributed by atoms with van der Waals surface area (Å²) >= 11 is 3.53. The highest BCUT2D eigenvalue weighted by Gasteiger charge is 2.31. The van der Waals surface area contributed by atoms with Gasteiger partial charge in [0.25, 0.3) is 0 Å². The third kappa shape index (κ3) is 3.93. The zero-order chi connectivity index (χ0) is 19.4. The van der Waals surface area contributed by atoms with Crippen LogP contribution in [0.15, 0.2) is 82.3 Å².